The minimum atomic E-state index is -3.66. The minimum absolute atomic E-state index is 0.117. The molecule has 3 rings (SSSR count). The molecule has 0 saturated heterocycles. The molecule has 2 amide bonds. The number of fused-ring (bicyclic) bond motifs is 1. The zero-order valence-electron chi connectivity index (χ0n) is 19.9. The number of amides is 2. The Bertz CT molecular complexity index is 944. The zero-order chi connectivity index (χ0) is 24.0. The van der Waals surface area contributed by atoms with Gasteiger partial charge in [-0.1, -0.05) is 33.1 Å². The highest BCUT2D eigenvalue weighted by Crippen LogP contribution is 2.37. The van der Waals surface area contributed by atoms with Gasteiger partial charge >= 0.3 is 0 Å². The number of benzene rings is 1. The third kappa shape index (κ3) is 6.29. The highest BCUT2D eigenvalue weighted by molar-refractivity contribution is 8.00. The lowest BCUT2D eigenvalue weighted by Crippen LogP contribution is -2.45. The van der Waals surface area contributed by atoms with Crippen molar-refractivity contribution in [1.29, 1.82) is 0 Å². The molecule has 184 valence electrons. The lowest BCUT2D eigenvalue weighted by molar-refractivity contribution is -0.123. The first-order chi connectivity index (χ1) is 15.8. The van der Waals surface area contributed by atoms with E-state index in [2.05, 4.69) is 17.3 Å². The molecule has 1 aliphatic carbocycles. The van der Waals surface area contributed by atoms with Crippen molar-refractivity contribution in [2.75, 3.05) is 50.4 Å². The van der Waals surface area contributed by atoms with E-state index in [1.807, 2.05) is 0 Å². The molecule has 1 saturated carbocycles. The van der Waals surface area contributed by atoms with Gasteiger partial charge in [0.2, 0.25) is 21.8 Å². The predicted octanol–water partition coefficient (Wildman–Crippen LogP) is 2.54. The van der Waals surface area contributed by atoms with Gasteiger partial charge in [-0.05, 0) is 38.1 Å². The molecule has 0 atom stereocenters. The van der Waals surface area contributed by atoms with Crippen LogP contribution in [0.25, 0.3) is 0 Å². The van der Waals surface area contributed by atoms with E-state index < -0.39 is 10.0 Å². The first-order valence-electron chi connectivity index (χ1n) is 11.8. The fraction of sp³-hybridized carbons (Fsp3) is 0.652. The smallest absolute Gasteiger partial charge is 0.243 e. The molecule has 2 aliphatic rings. The van der Waals surface area contributed by atoms with Crippen LogP contribution in [0.5, 0.6) is 0 Å². The number of hydrogen-bond donors (Lipinski definition) is 1. The van der Waals surface area contributed by atoms with Crippen LogP contribution in [0.2, 0.25) is 0 Å². The number of nitrogens with zero attached hydrogens (tertiary/aromatic N) is 3. The molecule has 8 nitrogen and oxygen atoms in total. The monoisotopic (exact) mass is 496 g/mol. The number of carbonyl (C=O) groups excluding carboxylic acids is 2. The van der Waals surface area contributed by atoms with Crippen molar-refractivity contribution in [3.63, 3.8) is 0 Å². The molecule has 1 aliphatic heterocycles. The average molecular weight is 497 g/mol. The molecule has 1 fully saturated rings. The summed E-state index contributed by atoms with van der Waals surface area (Å²) in [7, 11) is -1.56. The summed E-state index contributed by atoms with van der Waals surface area (Å²) in [6.45, 7) is 5.49. The van der Waals surface area contributed by atoms with Gasteiger partial charge in [-0.25, -0.2) is 8.42 Å². The van der Waals surface area contributed by atoms with Gasteiger partial charge in [-0.15, -0.1) is 11.8 Å². The number of hydrogen-bond acceptors (Lipinski definition) is 6. The summed E-state index contributed by atoms with van der Waals surface area (Å²) < 4.78 is 27.3. The van der Waals surface area contributed by atoms with E-state index in [0.29, 0.717) is 31.4 Å². The predicted molar refractivity (Wildman–Crippen MR) is 132 cm³/mol. The molecule has 0 radical (unpaired) electrons. The van der Waals surface area contributed by atoms with Crippen molar-refractivity contribution in [2.24, 2.45) is 0 Å². The Labute approximate surface area is 202 Å². The number of thioether (sulfide) groups is 1. The largest absolute Gasteiger partial charge is 0.353 e. The number of rotatable bonds is 10. The van der Waals surface area contributed by atoms with Crippen LogP contribution in [0.1, 0.15) is 46.0 Å². The van der Waals surface area contributed by atoms with Crippen molar-refractivity contribution in [2.45, 2.75) is 61.8 Å². The van der Waals surface area contributed by atoms with E-state index in [1.54, 1.807) is 26.0 Å². The van der Waals surface area contributed by atoms with Gasteiger partial charge in [0.25, 0.3) is 0 Å². The molecule has 0 spiro atoms. The second kappa shape index (κ2) is 11.7. The number of likely N-dealkylation sites (N-methyl/N-ethyl adjacent to an activating group) is 1. The van der Waals surface area contributed by atoms with Crippen LogP contribution in [0.15, 0.2) is 28.0 Å². The van der Waals surface area contributed by atoms with Crippen LogP contribution >= 0.6 is 11.8 Å². The molecule has 1 heterocycles. The topological polar surface area (TPSA) is 90.0 Å². The quantitative estimate of drug-likeness (QED) is 0.535. The molecule has 1 aromatic rings. The van der Waals surface area contributed by atoms with Gasteiger partial charge in [-0.2, -0.15) is 4.31 Å². The lowest BCUT2D eigenvalue weighted by atomic mass is 9.94. The molecular weight excluding hydrogens is 460 g/mol. The summed E-state index contributed by atoms with van der Waals surface area (Å²) in [5.41, 5.74) is 0.485. The lowest BCUT2D eigenvalue weighted by Gasteiger charge is -2.31. The molecule has 0 unspecified atom stereocenters. The number of carbonyl (C=O) groups is 2. The zero-order valence-corrected chi connectivity index (χ0v) is 21.5. The average Bonchev–Trinajstić information content (AvgIpc) is 2.81. The number of nitrogens with one attached hydrogen (secondary N) is 1. The first-order valence-corrected chi connectivity index (χ1v) is 14.2. The number of sulfonamides is 1. The maximum Gasteiger partial charge on any atom is 0.243 e. The Hall–Kier alpha value is -1.62. The number of anilines is 1. The summed E-state index contributed by atoms with van der Waals surface area (Å²) in [6.07, 6.45) is 6.26. The van der Waals surface area contributed by atoms with Gasteiger partial charge in [-0.3, -0.25) is 9.59 Å². The maximum atomic E-state index is 13.0. The van der Waals surface area contributed by atoms with Crippen molar-refractivity contribution in [1.82, 2.24) is 14.5 Å². The van der Waals surface area contributed by atoms with Gasteiger partial charge in [0.1, 0.15) is 6.54 Å². The van der Waals surface area contributed by atoms with Gasteiger partial charge in [0.15, 0.2) is 0 Å². The third-order valence-corrected chi connectivity index (χ3v) is 9.60. The Balaban J connectivity index is 1.66. The summed E-state index contributed by atoms with van der Waals surface area (Å²) >= 11 is 1.37. The Morgan fingerprint density at radius 2 is 1.88 bits per heavy atom. The van der Waals surface area contributed by atoms with Crippen LogP contribution in [-0.4, -0.2) is 81.0 Å². The molecule has 10 heteroatoms. The summed E-state index contributed by atoms with van der Waals surface area (Å²) in [5, 5.41) is 2.92. The highest BCUT2D eigenvalue weighted by atomic mass is 32.2. The van der Waals surface area contributed by atoms with Crippen LogP contribution in [0.3, 0.4) is 0 Å². The summed E-state index contributed by atoms with van der Waals surface area (Å²) in [6, 6.07) is 5.41. The van der Waals surface area contributed by atoms with E-state index in [4.69, 9.17) is 0 Å². The molecule has 1 N–H and O–H groups in total. The molecular formula is C23H36N4O4S2. The van der Waals surface area contributed by atoms with Crippen molar-refractivity contribution in [3.8, 4) is 0 Å². The normalized spacial score (nSPS) is 17.5. The van der Waals surface area contributed by atoms with Crippen LogP contribution < -0.4 is 10.2 Å². The Morgan fingerprint density at radius 1 is 1.18 bits per heavy atom. The minimum Gasteiger partial charge on any atom is -0.353 e. The van der Waals surface area contributed by atoms with Gasteiger partial charge < -0.3 is 15.1 Å². The van der Waals surface area contributed by atoms with Crippen molar-refractivity contribution < 1.29 is 18.0 Å². The first kappa shape index (κ1) is 26.0. The third-order valence-electron chi connectivity index (χ3n) is 6.50. The maximum absolute atomic E-state index is 13.0. The van der Waals surface area contributed by atoms with E-state index in [0.717, 1.165) is 11.4 Å². The van der Waals surface area contributed by atoms with Gasteiger partial charge in [0, 0.05) is 37.1 Å². The van der Waals surface area contributed by atoms with Gasteiger partial charge in [0.05, 0.1) is 16.3 Å². The van der Waals surface area contributed by atoms with E-state index in [9.17, 15) is 18.0 Å². The molecule has 33 heavy (non-hydrogen) atoms. The fourth-order valence-electron chi connectivity index (χ4n) is 4.50. The van der Waals surface area contributed by atoms with Crippen LogP contribution in [-0.2, 0) is 19.6 Å². The Morgan fingerprint density at radius 3 is 2.55 bits per heavy atom. The summed E-state index contributed by atoms with van der Waals surface area (Å²) in [4.78, 5) is 30.0. The van der Waals surface area contributed by atoms with E-state index in [1.165, 1.54) is 59.1 Å². The fourth-order valence-corrected chi connectivity index (χ4v) is 6.90. The second-order valence-electron chi connectivity index (χ2n) is 8.61. The molecule has 0 aromatic heterocycles. The summed E-state index contributed by atoms with van der Waals surface area (Å²) in [5.74, 6) is -0.207. The van der Waals surface area contributed by atoms with Crippen LogP contribution in [0, 0.1) is 0 Å². The van der Waals surface area contributed by atoms with E-state index in [-0.39, 0.29) is 29.0 Å². The van der Waals surface area contributed by atoms with E-state index >= 15 is 0 Å². The highest BCUT2D eigenvalue weighted by Gasteiger charge is 2.30. The SMILES string of the molecule is CCN(CC)S(=O)(=O)c1ccc2c(c1)N(CC(=O)NCCN(C)C1CCCCC1)C(=O)CS2. The van der Waals surface area contributed by atoms with Crippen molar-refractivity contribution in [3.05, 3.63) is 18.2 Å². The molecule has 0 bridgehead atoms. The molecule has 1 aromatic carbocycles. The van der Waals surface area contributed by atoms with Crippen LogP contribution in [0.4, 0.5) is 5.69 Å². The Kier molecular flexibility index (Phi) is 9.20. The second-order valence-corrected chi connectivity index (χ2v) is 11.6. The van der Waals surface area contributed by atoms with Crippen molar-refractivity contribution >= 4 is 39.3 Å². The standard InChI is InChI=1S/C23H36N4O4S2/c1-4-26(5-2)33(30,31)19-11-12-21-20(15-19)27(23(29)17-32-21)16-22(28)24-13-14-25(3)18-9-7-6-8-10-18/h11-12,15,18H,4-10,13-14,16-17H2,1-3H3,(H,24,28).